The number of carbonyl (C=O) groups excluding carboxylic acids is 1. The lowest BCUT2D eigenvalue weighted by molar-refractivity contribution is -0.00683. The fourth-order valence-corrected chi connectivity index (χ4v) is 1.02. The Hall–Kier alpha value is -1.66. The summed E-state index contributed by atoms with van der Waals surface area (Å²) in [5.74, 6) is -1.32. The molecule has 0 saturated heterocycles. The molecule has 4 N–H and O–H groups in total. The Balaban J connectivity index is 2.63. The normalized spacial score (nSPS) is 12.2. The zero-order valence-electron chi connectivity index (χ0n) is 8.74. The van der Waals surface area contributed by atoms with Gasteiger partial charge in [-0.15, -0.1) is 0 Å². The Bertz CT molecular complexity index is 382. The molecule has 5 nitrogen and oxygen atoms in total. The van der Waals surface area contributed by atoms with Crippen molar-refractivity contribution in [3.63, 3.8) is 0 Å². The van der Waals surface area contributed by atoms with Crippen molar-refractivity contribution < 1.29 is 19.1 Å². The highest BCUT2D eigenvalue weighted by molar-refractivity contribution is 5.98. The second-order valence-electron chi connectivity index (χ2n) is 3.29. The van der Waals surface area contributed by atoms with Crippen LogP contribution in [0.4, 0.5) is 10.1 Å². The molecule has 0 aliphatic carbocycles. The highest BCUT2D eigenvalue weighted by Crippen LogP contribution is 2.15. The summed E-state index contributed by atoms with van der Waals surface area (Å²) in [6.07, 6.45) is -0.704. The Kier molecular flexibility index (Phi) is 4.21. The van der Waals surface area contributed by atoms with Crippen LogP contribution in [0.3, 0.4) is 0 Å². The van der Waals surface area contributed by atoms with Gasteiger partial charge in [0.2, 0.25) is 0 Å². The van der Waals surface area contributed by atoms with Crippen molar-refractivity contribution in [3.05, 3.63) is 29.6 Å². The molecule has 0 radical (unpaired) electrons. The number of hydrogen-bond acceptors (Lipinski definition) is 4. The molecular formula is C10H13FN2O3. The number of aliphatic hydroxyl groups excluding tert-OH is 1. The lowest BCUT2D eigenvalue weighted by Gasteiger charge is -2.09. The Morgan fingerprint density at radius 1 is 1.69 bits per heavy atom. The van der Waals surface area contributed by atoms with E-state index in [1.165, 1.54) is 19.1 Å². The van der Waals surface area contributed by atoms with Gasteiger partial charge in [0.1, 0.15) is 12.4 Å². The van der Waals surface area contributed by atoms with Gasteiger partial charge in [-0.3, -0.25) is 9.63 Å². The van der Waals surface area contributed by atoms with E-state index in [2.05, 4.69) is 10.3 Å². The second-order valence-corrected chi connectivity index (χ2v) is 3.29. The fourth-order valence-electron chi connectivity index (χ4n) is 1.02. The molecule has 1 atom stereocenters. The number of nitrogens with two attached hydrogens (primary N) is 1. The van der Waals surface area contributed by atoms with E-state index < -0.39 is 17.8 Å². The highest BCUT2D eigenvalue weighted by Gasteiger charge is 2.12. The van der Waals surface area contributed by atoms with E-state index in [1.54, 1.807) is 0 Å². The van der Waals surface area contributed by atoms with E-state index in [1.807, 2.05) is 0 Å². The van der Waals surface area contributed by atoms with Gasteiger partial charge < -0.3 is 10.8 Å². The van der Waals surface area contributed by atoms with Gasteiger partial charge in [-0.2, -0.15) is 0 Å². The number of nitrogens with one attached hydrogen (secondary N) is 1. The van der Waals surface area contributed by atoms with Crippen LogP contribution in [0.15, 0.2) is 18.2 Å². The van der Waals surface area contributed by atoms with E-state index in [4.69, 9.17) is 10.8 Å². The van der Waals surface area contributed by atoms with Gasteiger partial charge in [0, 0.05) is 0 Å². The first-order valence-electron chi connectivity index (χ1n) is 4.66. The molecule has 16 heavy (non-hydrogen) atoms. The van der Waals surface area contributed by atoms with E-state index >= 15 is 0 Å². The summed E-state index contributed by atoms with van der Waals surface area (Å²) in [5, 5.41) is 8.87. The molecule has 1 aromatic carbocycles. The lowest BCUT2D eigenvalue weighted by Crippen LogP contribution is -2.28. The topological polar surface area (TPSA) is 84.6 Å². The van der Waals surface area contributed by atoms with Gasteiger partial charge in [0.15, 0.2) is 0 Å². The molecule has 0 spiro atoms. The molecule has 1 rings (SSSR count). The molecule has 1 aromatic rings. The minimum atomic E-state index is -0.704. The number of rotatable bonds is 4. The van der Waals surface area contributed by atoms with Crippen LogP contribution in [0.25, 0.3) is 0 Å². The maximum Gasteiger partial charge on any atom is 0.277 e. The summed E-state index contributed by atoms with van der Waals surface area (Å²) in [7, 11) is 0. The molecular weight excluding hydrogens is 215 g/mol. The van der Waals surface area contributed by atoms with Gasteiger partial charge in [-0.05, 0) is 19.1 Å². The summed E-state index contributed by atoms with van der Waals surface area (Å²) in [6, 6.07) is 3.90. The number of para-hydroxylation sites is 1. The number of amides is 1. The van der Waals surface area contributed by atoms with Crippen molar-refractivity contribution >= 4 is 11.6 Å². The zero-order valence-corrected chi connectivity index (χ0v) is 8.74. The van der Waals surface area contributed by atoms with Crippen molar-refractivity contribution in [2.24, 2.45) is 0 Å². The van der Waals surface area contributed by atoms with Crippen LogP contribution in [0, 0.1) is 5.82 Å². The molecule has 0 heterocycles. The smallest absolute Gasteiger partial charge is 0.277 e. The summed E-state index contributed by atoms with van der Waals surface area (Å²) >= 11 is 0. The third-order valence-corrected chi connectivity index (χ3v) is 1.79. The SMILES string of the molecule is CC(O)CONC(=O)c1cccc(F)c1N. The predicted molar refractivity (Wildman–Crippen MR) is 55.9 cm³/mol. The van der Waals surface area contributed by atoms with Crippen LogP contribution in [0.5, 0.6) is 0 Å². The van der Waals surface area contributed by atoms with Crippen LogP contribution < -0.4 is 11.2 Å². The number of nitrogen functional groups attached to an aromatic ring is 1. The number of carbonyl (C=O) groups is 1. The van der Waals surface area contributed by atoms with Crippen LogP contribution >= 0.6 is 0 Å². The van der Waals surface area contributed by atoms with Crippen LogP contribution in [0.1, 0.15) is 17.3 Å². The monoisotopic (exact) mass is 228 g/mol. The third kappa shape index (κ3) is 3.18. The summed E-state index contributed by atoms with van der Waals surface area (Å²) < 4.78 is 13.0. The van der Waals surface area contributed by atoms with Crippen molar-refractivity contribution in [2.45, 2.75) is 13.0 Å². The standard InChI is InChI=1S/C10H13FN2O3/c1-6(14)5-16-13-10(15)7-3-2-4-8(11)9(7)12/h2-4,6,14H,5,12H2,1H3,(H,13,15). The van der Waals surface area contributed by atoms with Crippen molar-refractivity contribution in [1.29, 1.82) is 0 Å². The van der Waals surface area contributed by atoms with Crippen LogP contribution in [-0.4, -0.2) is 23.7 Å². The fraction of sp³-hybridized carbons (Fsp3) is 0.300. The zero-order chi connectivity index (χ0) is 12.1. The first kappa shape index (κ1) is 12.4. The lowest BCUT2D eigenvalue weighted by atomic mass is 10.1. The maximum atomic E-state index is 13.0. The average Bonchev–Trinajstić information content (AvgIpc) is 2.21. The van der Waals surface area contributed by atoms with Crippen molar-refractivity contribution in [1.82, 2.24) is 5.48 Å². The van der Waals surface area contributed by atoms with Crippen molar-refractivity contribution in [3.8, 4) is 0 Å². The molecule has 0 bridgehead atoms. The molecule has 88 valence electrons. The minimum Gasteiger partial charge on any atom is -0.396 e. The van der Waals surface area contributed by atoms with Gasteiger partial charge in [0.25, 0.3) is 5.91 Å². The predicted octanol–water partition coefficient (Wildman–Crippen LogP) is 0.450. The summed E-state index contributed by atoms with van der Waals surface area (Å²) in [4.78, 5) is 16.1. The summed E-state index contributed by atoms with van der Waals surface area (Å²) in [5.41, 5.74) is 7.18. The van der Waals surface area contributed by atoms with Gasteiger partial charge in [-0.1, -0.05) is 6.07 Å². The van der Waals surface area contributed by atoms with E-state index in [0.29, 0.717) is 0 Å². The largest absolute Gasteiger partial charge is 0.396 e. The number of halogens is 1. The van der Waals surface area contributed by atoms with Gasteiger partial charge >= 0.3 is 0 Å². The number of hydrogen-bond donors (Lipinski definition) is 3. The Morgan fingerprint density at radius 2 is 2.38 bits per heavy atom. The summed E-state index contributed by atoms with van der Waals surface area (Å²) in [6.45, 7) is 1.45. The third-order valence-electron chi connectivity index (χ3n) is 1.79. The first-order chi connectivity index (χ1) is 7.52. The molecule has 0 fully saturated rings. The van der Waals surface area contributed by atoms with Gasteiger partial charge in [-0.25, -0.2) is 9.87 Å². The number of benzene rings is 1. The average molecular weight is 228 g/mol. The molecule has 1 amide bonds. The number of aliphatic hydroxyl groups is 1. The first-order valence-corrected chi connectivity index (χ1v) is 4.66. The second kappa shape index (κ2) is 5.43. The number of hydroxylamine groups is 1. The molecule has 1 unspecified atom stereocenters. The van der Waals surface area contributed by atoms with Crippen molar-refractivity contribution in [2.75, 3.05) is 12.3 Å². The van der Waals surface area contributed by atoms with Crippen LogP contribution in [0.2, 0.25) is 0 Å². The van der Waals surface area contributed by atoms with E-state index in [0.717, 1.165) is 6.07 Å². The maximum absolute atomic E-state index is 13.0. The highest BCUT2D eigenvalue weighted by atomic mass is 19.1. The molecule has 0 aromatic heterocycles. The minimum absolute atomic E-state index is 0.00871. The van der Waals surface area contributed by atoms with Gasteiger partial charge in [0.05, 0.1) is 17.4 Å². The number of anilines is 1. The Labute approximate surface area is 92.0 Å². The molecule has 0 aliphatic heterocycles. The quantitative estimate of drug-likeness (QED) is 0.516. The van der Waals surface area contributed by atoms with E-state index in [9.17, 15) is 9.18 Å². The molecule has 0 saturated carbocycles. The van der Waals surface area contributed by atoms with E-state index in [-0.39, 0.29) is 17.9 Å². The van der Waals surface area contributed by atoms with Crippen LogP contribution in [-0.2, 0) is 4.84 Å². The Morgan fingerprint density at radius 3 is 3.00 bits per heavy atom. The molecule has 0 aliphatic rings. The molecule has 6 heteroatoms.